The molecular weight excluding hydrogens is 244 g/mol. The molecule has 0 aliphatic carbocycles. The molecule has 1 aromatic carbocycles. The van der Waals surface area contributed by atoms with Crippen LogP contribution < -0.4 is 4.74 Å². The average Bonchev–Trinajstić information content (AvgIpc) is 2.39. The zero-order valence-corrected chi connectivity index (χ0v) is 10.1. The van der Waals surface area contributed by atoms with Crippen LogP contribution in [0, 0.1) is 18.3 Å². The fourth-order valence-corrected chi connectivity index (χ4v) is 1.57. The Balaban J connectivity index is 2.46. The monoisotopic (exact) mass is 254 g/mol. The molecule has 0 spiro atoms. The number of carbonyl (C=O) groups is 1. The fraction of sp³-hybridized carbons (Fsp3) is 0.0714. The molecule has 5 nitrogen and oxygen atoms in total. The summed E-state index contributed by atoms with van der Waals surface area (Å²) in [5.74, 6) is -0.660. The van der Waals surface area contributed by atoms with Crippen LogP contribution >= 0.6 is 0 Å². The highest BCUT2D eigenvalue weighted by atomic mass is 16.5. The number of hydrogen-bond acceptors (Lipinski definition) is 4. The smallest absolute Gasteiger partial charge is 0.339 e. The number of pyridine rings is 1. The van der Waals surface area contributed by atoms with Crippen molar-refractivity contribution in [1.29, 1.82) is 5.26 Å². The highest BCUT2D eigenvalue weighted by molar-refractivity contribution is 5.91. The molecule has 94 valence electrons. The first kappa shape index (κ1) is 12.6. The summed E-state index contributed by atoms with van der Waals surface area (Å²) < 4.78 is 5.51. The highest BCUT2D eigenvalue weighted by Gasteiger charge is 2.14. The fourth-order valence-electron chi connectivity index (χ4n) is 1.57. The molecular formula is C14H10N2O3. The molecule has 0 radical (unpaired) electrons. The molecule has 0 atom stereocenters. The van der Waals surface area contributed by atoms with Crippen molar-refractivity contribution in [1.82, 2.24) is 4.98 Å². The first-order chi connectivity index (χ1) is 9.11. The lowest BCUT2D eigenvalue weighted by Gasteiger charge is -2.10. The molecule has 0 unspecified atom stereocenters. The van der Waals surface area contributed by atoms with E-state index in [-0.39, 0.29) is 22.8 Å². The second-order valence-electron chi connectivity index (χ2n) is 3.87. The van der Waals surface area contributed by atoms with Crippen molar-refractivity contribution < 1.29 is 14.6 Å². The Hall–Kier alpha value is -2.87. The van der Waals surface area contributed by atoms with Gasteiger partial charge in [0.15, 0.2) is 11.4 Å². The number of carboxylic acid groups (broad SMARTS) is 1. The summed E-state index contributed by atoms with van der Waals surface area (Å²) in [7, 11) is 0. The topological polar surface area (TPSA) is 83.2 Å². The molecule has 1 heterocycles. The standard InChI is InChI=1S/C14H10N2O3/c1-9-4-5-10(14(17)18)13(7-9)19-12-3-2-6-16-11(12)8-15/h2-7H,1H3,(H,17,18). The Morgan fingerprint density at radius 3 is 2.84 bits per heavy atom. The highest BCUT2D eigenvalue weighted by Crippen LogP contribution is 2.28. The summed E-state index contributed by atoms with van der Waals surface area (Å²) in [6, 6.07) is 9.84. The summed E-state index contributed by atoms with van der Waals surface area (Å²) >= 11 is 0. The zero-order chi connectivity index (χ0) is 13.8. The lowest BCUT2D eigenvalue weighted by Crippen LogP contribution is -2.01. The van der Waals surface area contributed by atoms with Crippen LogP contribution in [0.25, 0.3) is 0 Å². The van der Waals surface area contributed by atoms with Crippen molar-refractivity contribution in [3.8, 4) is 17.6 Å². The molecule has 1 aromatic heterocycles. The van der Waals surface area contributed by atoms with E-state index in [9.17, 15) is 4.79 Å². The molecule has 0 amide bonds. The number of benzene rings is 1. The van der Waals surface area contributed by atoms with E-state index in [1.54, 1.807) is 24.3 Å². The quantitative estimate of drug-likeness (QED) is 0.910. The van der Waals surface area contributed by atoms with Crippen LogP contribution in [-0.4, -0.2) is 16.1 Å². The van der Waals surface area contributed by atoms with Crippen molar-refractivity contribution in [2.24, 2.45) is 0 Å². The van der Waals surface area contributed by atoms with Crippen molar-refractivity contribution in [2.75, 3.05) is 0 Å². The predicted octanol–water partition coefficient (Wildman–Crippen LogP) is 2.75. The second-order valence-corrected chi connectivity index (χ2v) is 3.87. The molecule has 2 aromatic rings. The van der Waals surface area contributed by atoms with Crippen LogP contribution in [-0.2, 0) is 0 Å². The molecule has 0 fully saturated rings. The SMILES string of the molecule is Cc1ccc(C(=O)O)c(Oc2cccnc2C#N)c1. The van der Waals surface area contributed by atoms with E-state index in [0.29, 0.717) is 0 Å². The van der Waals surface area contributed by atoms with Gasteiger partial charge in [-0.15, -0.1) is 0 Å². The molecule has 0 saturated carbocycles. The van der Waals surface area contributed by atoms with Crippen LogP contribution in [0.2, 0.25) is 0 Å². The third-order valence-electron chi connectivity index (χ3n) is 2.46. The second kappa shape index (κ2) is 5.19. The summed E-state index contributed by atoms with van der Waals surface area (Å²) in [6.07, 6.45) is 1.47. The molecule has 0 aliphatic rings. The minimum atomic E-state index is -1.09. The number of aryl methyl sites for hydroxylation is 1. The molecule has 2 rings (SSSR count). The number of carboxylic acids is 1. The van der Waals surface area contributed by atoms with E-state index >= 15 is 0 Å². The van der Waals surface area contributed by atoms with Gasteiger partial charge >= 0.3 is 5.97 Å². The predicted molar refractivity (Wildman–Crippen MR) is 67.2 cm³/mol. The Morgan fingerprint density at radius 2 is 2.16 bits per heavy atom. The number of aromatic carboxylic acids is 1. The van der Waals surface area contributed by atoms with Gasteiger partial charge in [0.2, 0.25) is 0 Å². The lowest BCUT2D eigenvalue weighted by atomic mass is 10.1. The van der Waals surface area contributed by atoms with Gasteiger partial charge in [-0.1, -0.05) is 6.07 Å². The maximum atomic E-state index is 11.1. The van der Waals surface area contributed by atoms with Crippen molar-refractivity contribution in [3.63, 3.8) is 0 Å². The molecule has 0 bridgehead atoms. The van der Waals surface area contributed by atoms with Crippen LogP contribution in [0.4, 0.5) is 0 Å². The minimum Gasteiger partial charge on any atom is -0.478 e. The zero-order valence-electron chi connectivity index (χ0n) is 10.1. The third-order valence-corrected chi connectivity index (χ3v) is 2.46. The van der Waals surface area contributed by atoms with Crippen molar-refractivity contribution in [3.05, 3.63) is 53.3 Å². The largest absolute Gasteiger partial charge is 0.478 e. The number of nitriles is 1. The van der Waals surface area contributed by atoms with Gasteiger partial charge in [0.05, 0.1) is 0 Å². The van der Waals surface area contributed by atoms with Gasteiger partial charge in [0.1, 0.15) is 17.4 Å². The average molecular weight is 254 g/mol. The Morgan fingerprint density at radius 1 is 1.37 bits per heavy atom. The number of ether oxygens (including phenoxy) is 1. The Bertz CT molecular complexity index is 675. The number of rotatable bonds is 3. The summed E-state index contributed by atoms with van der Waals surface area (Å²) in [5, 5.41) is 18.0. The number of hydrogen-bond donors (Lipinski definition) is 1. The van der Waals surface area contributed by atoms with Crippen LogP contribution in [0.5, 0.6) is 11.5 Å². The van der Waals surface area contributed by atoms with Crippen molar-refractivity contribution in [2.45, 2.75) is 6.92 Å². The van der Waals surface area contributed by atoms with Gasteiger partial charge in [-0.3, -0.25) is 0 Å². The van der Waals surface area contributed by atoms with Crippen LogP contribution in [0.15, 0.2) is 36.5 Å². The summed E-state index contributed by atoms with van der Waals surface area (Å²) in [5.41, 5.74) is 1.01. The summed E-state index contributed by atoms with van der Waals surface area (Å²) in [6.45, 7) is 1.83. The van der Waals surface area contributed by atoms with Gasteiger partial charge in [-0.2, -0.15) is 5.26 Å². The van der Waals surface area contributed by atoms with E-state index in [1.165, 1.54) is 12.3 Å². The van der Waals surface area contributed by atoms with Gasteiger partial charge < -0.3 is 9.84 Å². The van der Waals surface area contributed by atoms with Gasteiger partial charge in [0.25, 0.3) is 0 Å². The van der Waals surface area contributed by atoms with E-state index in [0.717, 1.165) is 5.56 Å². The van der Waals surface area contributed by atoms with E-state index in [2.05, 4.69) is 4.98 Å². The lowest BCUT2D eigenvalue weighted by molar-refractivity contribution is 0.0694. The Kier molecular flexibility index (Phi) is 3.44. The molecule has 0 aliphatic heterocycles. The third kappa shape index (κ3) is 2.69. The molecule has 5 heteroatoms. The van der Waals surface area contributed by atoms with Crippen LogP contribution in [0.3, 0.4) is 0 Å². The van der Waals surface area contributed by atoms with Crippen LogP contribution in [0.1, 0.15) is 21.6 Å². The first-order valence-electron chi connectivity index (χ1n) is 5.48. The summed E-state index contributed by atoms with van der Waals surface area (Å²) in [4.78, 5) is 15.0. The van der Waals surface area contributed by atoms with Gasteiger partial charge in [0, 0.05) is 6.20 Å². The van der Waals surface area contributed by atoms with E-state index in [4.69, 9.17) is 15.1 Å². The maximum Gasteiger partial charge on any atom is 0.339 e. The number of aromatic nitrogens is 1. The molecule has 19 heavy (non-hydrogen) atoms. The Labute approximate surface area is 109 Å². The van der Waals surface area contributed by atoms with Gasteiger partial charge in [-0.25, -0.2) is 9.78 Å². The number of nitrogens with zero attached hydrogens (tertiary/aromatic N) is 2. The normalized spacial score (nSPS) is 9.68. The van der Waals surface area contributed by atoms with Gasteiger partial charge in [-0.05, 0) is 36.8 Å². The van der Waals surface area contributed by atoms with Crippen molar-refractivity contribution >= 4 is 5.97 Å². The van der Waals surface area contributed by atoms with E-state index in [1.807, 2.05) is 13.0 Å². The minimum absolute atomic E-state index is 0.0401. The maximum absolute atomic E-state index is 11.1. The molecule has 0 saturated heterocycles. The first-order valence-corrected chi connectivity index (χ1v) is 5.48. The van der Waals surface area contributed by atoms with E-state index < -0.39 is 5.97 Å². The molecule has 1 N–H and O–H groups in total.